The van der Waals surface area contributed by atoms with Gasteiger partial charge in [-0.3, -0.25) is 10.1 Å². The van der Waals surface area contributed by atoms with Crippen molar-refractivity contribution in [3.63, 3.8) is 0 Å². The van der Waals surface area contributed by atoms with Crippen molar-refractivity contribution in [2.45, 2.75) is 17.2 Å². The molecule has 2 rings (SSSR count). The summed E-state index contributed by atoms with van der Waals surface area (Å²) in [4.78, 5) is 9.88. The number of non-ortho nitro benzene ring substituents is 1. The highest BCUT2D eigenvalue weighted by atomic mass is 32.2. The number of nitro groups is 1. The molecular formula is C16H17FN2O6S. The van der Waals surface area contributed by atoms with Crippen LogP contribution in [0.1, 0.15) is 11.6 Å². The van der Waals surface area contributed by atoms with E-state index in [0.29, 0.717) is 5.56 Å². The Labute approximate surface area is 149 Å². The third-order valence-electron chi connectivity index (χ3n) is 3.58. The number of halogens is 1. The highest BCUT2D eigenvalue weighted by Crippen LogP contribution is 2.24. The molecule has 26 heavy (non-hydrogen) atoms. The van der Waals surface area contributed by atoms with Crippen molar-refractivity contribution in [3.05, 3.63) is 70.0 Å². The smallest absolute Gasteiger partial charge is 0.269 e. The number of hydrogen-bond acceptors (Lipinski definition) is 6. The normalized spacial score (nSPS) is 12.9. The first-order valence-corrected chi connectivity index (χ1v) is 8.84. The molecule has 0 saturated carbocycles. The number of methoxy groups -OCH3 is 2. The minimum absolute atomic E-state index is 0.185. The van der Waals surface area contributed by atoms with E-state index < -0.39 is 33.1 Å². The fourth-order valence-electron chi connectivity index (χ4n) is 2.33. The predicted octanol–water partition coefficient (Wildman–Crippen LogP) is 2.37. The van der Waals surface area contributed by atoms with E-state index in [1.165, 1.54) is 32.4 Å². The van der Waals surface area contributed by atoms with Crippen LogP contribution in [-0.2, 0) is 19.5 Å². The zero-order valence-corrected chi connectivity index (χ0v) is 14.8. The molecule has 0 aliphatic heterocycles. The summed E-state index contributed by atoms with van der Waals surface area (Å²) >= 11 is 0. The third-order valence-corrected chi connectivity index (χ3v) is 5.04. The van der Waals surface area contributed by atoms with Crippen LogP contribution in [0.3, 0.4) is 0 Å². The van der Waals surface area contributed by atoms with Crippen LogP contribution in [0.25, 0.3) is 0 Å². The molecule has 0 aromatic heterocycles. The monoisotopic (exact) mass is 384 g/mol. The first-order chi connectivity index (χ1) is 12.3. The molecular weight excluding hydrogens is 367 g/mol. The molecule has 1 unspecified atom stereocenters. The van der Waals surface area contributed by atoms with Gasteiger partial charge in [0.05, 0.1) is 15.9 Å². The van der Waals surface area contributed by atoms with Crippen LogP contribution in [0.4, 0.5) is 10.1 Å². The van der Waals surface area contributed by atoms with Crippen molar-refractivity contribution >= 4 is 15.7 Å². The molecule has 0 radical (unpaired) electrons. The Hall–Kier alpha value is -2.40. The van der Waals surface area contributed by atoms with E-state index in [1.807, 2.05) is 0 Å². The van der Waals surface area contributed by atoms with Gasteiger partial charge in [0.1, 0.15) is 5.82 Å². The number of nitrogens with zero attached hydrogens (tertiary/aromatic N) is 1. The number of hydrogen-bond donors (Lipinski definition) is 1. The van der Waals surface area contributed by atoms with Crippen molar-refractivity contribution in [1.82, 2.24) is 4.72 Å². The Bertz CT molecular complexity index is 869. The average molecular weight is 384 g/mol. The maximum Gasteiger partial charge on any atom is 0.269 e. The molecule has 0 amide bonds. The number of rotatable bonds is 8. The van der Waals surface area contributed by atoms with E-state index in [4.69, 9.17) is 9.47 Å². The first-order valence-electron chi connectivity index (χ1n) is 7.36. The van der Waals surface area contributed by atoms with Crippen LogP contribution < -0.4 is 4.72 Å². The van der Waals surface area contributed by atoms with E-state index in [-0.39, 0.29) is 10.6 Å². The van der Waals surface area contributed by atoms with Crippen molar-refractivity contribution in [2.75, 3.05) is 14.2 Å². The Morgan fingerprint density at radius 3 is 2.23 bits per heavy atom. The summed E-state index contributed by atoms with van der Waals surface area (Å²) in [6.45, 7) is 0. The van der Waals surface area contributed by atoms with Gasteiger partial charge in [0.2, 0.25) is 10.0 Å². The molecule has 0 heterocycles. The topological polar surface area (TPSA) is 108 Å². The maximum atomic E-state index is 13.6. The summed E-state index contributed by atoms with van der Waals surface area (Å²) in [6, 6.07) is 8.67. The third kappa shape index (κ3) is 4.61. The van der Waals surface area contributed by atoms with Crippen LogP contribution in [0.15, 0.2) is 53.4 Å². The Morgan fingerprint density at radius 1 is 1.12 bits per heavy atom. The maximum absolute atomic E-state index is 13.6. The van der Waals surface area contributed by atoms with Gasteiger partial charge in [-0.2, -0.15) is 4.72 Å². The van der Waals surface area contributed by atoms with E-state index in [9.17, 15) is 22.9 Å². The molecule has 2 aromatic rings. The van der Waals surface area contributed by atoms with E-state index in [1.54, 1.807) is 0 Å². The van der Waals surface area contributed by atoms with Crippen molar-refractivity contribution in [2.24, 2.45) is 0 Å². The molecule has 0 spiro atoms. The van der Waals surface area contributed by atoms with Gasteiger partial charge in [-0.1, -0.05) is 12.1 Å². The number of nitrogens with one attached hydrogen (secondary N) is 1. The van der Waals surface area contributed by atoms with Crippen LogP contribution in [0.5, 0.6) is 0 Å². The zero-order valence-electron chi connectivity index (χ0n) is 14.0. The van der Waals surface area contributed by atoms with Gasteiger partial charge in [-0.15, -0.1) is 0 Å². The molecule has 1 atom stereocenters. The van der Waals surface area contributed by atoms with Gasteiger partial charge >= 0.3 is 0 Å². The standard InChI is InChI=1S/C16H17FN2O6S/c1-24-16(25-2)15(11-4-3-5-12(17)10-11)18-26(22,23)14-8-6-13(7-9-14)19(20)21/h3-10,15-16,18H,1-2H3. The number of nitro benzene ring substituents is 1. The SMILES string of the molecule is COC(OC)C(NS(=O)(=O)c1ccc([N+](=O)[O-])cc1)c1cccc(F)c1. The number of ether oxygens (including phenoxy) is 2. The van der Waals surface area contributed by atoms with Gasteiger partial charge in [0.25, 0.3) is 5.69 Å². The molecule has 10 heteroatoms. The largest absolute Gasteiger partial charge is 0.354 e. The lowest BCUT2D eigenvalue weighted by atomic mass is 10.1. The van der Waals surface area contributed by atoms with Gasteiger partial charge < -0.3 is 9.47 Å². The summed E-state index contributed by atoms with van der Waals surface area (Å²) in [5, 5.41) is 10.7. The molecule has 8 nitrogen and oxygen atoms in total. The van der Waals surface area contributed by atoms with Gasteiger partial charge in [-0.05, 0) is 29.8 Å². The van der Waals surface area contributed by atoms with Crippen molar-refractivity contribution in [1.29, 1.82) is 0 Å². The molecule has 2 aromatic carbocycles. The second kappa shape index (κ2) is 8.32. The van der Waals surface area contributed by atoms with Gasteiger partial charge in [0.15, 0.2) is 6.29 Å². The molecule has 140 valence electrons. The second-order valence-electron chi connectivity index (χ2n) is 5.24. The molecule has 0 aliphatic rings. The fourth-order valence-corrected chi connectivity index (χ4v) is 3.54. The lowest BCUT2D eigenvalue weighted by molar-refractivity contribution is -0.384. The zero-order chi connectivity index (χ0) is 19.3. The van der Waals surface area contributed by atoms with Crippen molar-refractivity contribution < 1.29 is 27.2 Å². The molecule has 1 N–H and O–H groups in total. The first kappa shape index (κ1) is 19.9. The highest BCUT2D eigenvalue weighted by Gasteiger charge is 2.29. The molecule has 0 saturated heterocycles. The minimum Gasteiger partial charge on any atom is -0.354 e. The molecule has 0 fully saturated rings. The van der Waals surface area contributed by atoms with Crippen molar-refractivity contribution in [3.8, 4) is 0 Å². The molecule has 0 bridgehead atoms. The van der Waals surface area contributed by atoms with Gasteiger partial charge in [-0.25, -0.2) is 12.8 Å². The Balaban J connectivity index is 2.38. The van der Waals surface area contributed by atoms with Crippen LogP contribution in [0, 0.1) is 15.9 Å². The van der Waals surface area contributed by atoms with Crippen LogP contribution in [0.2, 0.25) is 0 Å². The summed E-state index contributed by atoms with van der Waals surface area (Å²) in [7, 11) is -1.44. The summed E-state index contributed by atoms with van der Waals surface area (Å²) in [5.41, 5.74) is 0.0569. The minimum atomic E-state index is -4.08. The average Bonchev–Trinajstić information content (AvgIpc) is 2.62. The lowest BCUT2D eigenvalue weighted by Gasteiger charge is -2.26. The quantitative estimate of drug-likeness (QED) is 0.425. The number of benzene rings is 2. The summed E-state index contributed by atoms with van der Waals surface area (Å²) < 4.78 is 51.5. The highest BCUT2D eigenvalue weighted by molar-refractivity contribution is 7.89. The summed E-state index contributed by atoms with van der Waals surface area (Å²) in [6.07, 6.45) is -1.02. The van der Waals surface area contributed by atoms with E-state index in [2.05, 4.69) is 4.72 Å². The van der Waals surface area contributed by atoms with Crippen LogP contribution in [-0.4, -0.2) is 33.9 Å². The molecule has 0 aliphatic carbocycles. The van der Waals surface area contributed by atoms with E-state index >= 15 is 0 Å². The Kier molecular flexibility index (Phi) is 6.37. The predicted molar refractivity (Wildman–Crippen MR) is 90.4 cm³/mol. The Morgan fingerprint density at radius 2 is 1.73 bits per heavy atom. The fraction of sp³-hybridized carbons (Fsp3) is 0.250. The lowest BCUT2D eigenvalue weighted by Crippen LogP contribution is -2.38. The van der Waals surface area contributed by atoms with E-state index in [0.717, 1.165) is 30.3 Å². The van der Waals surface area contributed by atoms with Gasteiger partial charge in [0, 0.05) is 26.4 Å². The van der Waals surface area contributed by atoms with Crippen LogP contribution >= 0.6 is 0 Å². The number of sulfonamides is 1. The second-order valence-corrected chi connectivity index (χ2v) is 6.96. The summed E-state index contributed by atoms with van der Waals surface area (Å²) in [5.74, 6) is -0.548.